The Bertz CT molecular complexity index is 547. The van der Waals surface area contributed by atoms with Gasteiger partial charge in [-0.1, -0.05) is 30.3 Å². The average molecular weight is 346 g/mol. The number of hydrogen-bond donors (Lipinski definition) is 1. The Morgan fingerprint density at radius 3 is 2.60 bits per heavy atom. The first-order valence-corrected chi connectivity index (χ1v) is 9.44. The first-order valence-electron chi connectivity index (χ1n) is 9.44. The van der Waals surface area contributed by atoms with Crippen LogP contribution in [0.2, 0.25) is 0 Å². The number of nitrogens with two attached hydrogens (primary N) is 1. The number of rotatable bonds is 5. The third-order valence-corrected chi connectivity index (χ3v) is 5.34. The van der Waals surface area contributed by atoms with Gasteiger partial charge < -0.3 is 20.1 Å². The maximum Gasteiger partial charge on any atom is 0.246 e. The number of benzene rings is 1. The fraction of sp³-hybridized carbons (Fsp3) is 0.650. The zero-order valence-electron chi connectivity index (χ0n) is 15.2. The first kappa shape index (κ1) is 18.4. The van der Waals surface area contributed by atoms with Crippen LogP contribution in [0.5, 0.6) is 0 Å². The number of amides is 1. The van der Waals surface area contributed by atoms with Crippen LogP contribution in [0.1, 0.15) is 44.6 Å². The van der Waals surface area contributed by atoms with Crippen LogP contribution in [-0.2, 0) is 19.8 Å². The van der Waals surface area contributed by atoms with Crippen molar-refractivity contribution in [2.24, 2.45) is 5.73 Å². The molecule has 2 N–H and O–H groups in total. The van der Waals surface area contributed by atoms with Crippen LogP contribution in [0.15, 0.2) is 30.3 Å². The molecule has 2 aliphatic heterocycles. The highest BCUT2D eigenvalue weighted by Gasteiger charge is 2.36. The Morgan fingerprint density at radius 1 is 1.24 bits per heavy atom. The highest BCUT2D eigenvalue weighted by molar-refractivity contribution is 5.87. The van der Waals surface area contributed by atoms with Gasteiger partial charge in [0.15, 0.2) is 0 Å². The van der Waals surface area contributed by atoms with Gasteiger partial charge in [-0.2, -0.15) is 0 Å². The van der Waals surface area contributed by atoms with Crippen molar-refractivity contribution in [2.45, 2.75) is 56.8 Å². The molecule has 25 heavy (non-hydrogen) atoms. The van der Waals surface area contributed by atoms with Crippen molar-refractivity contribution in [1.82, 2.24) is 4.90 Å². The minimum Gasteiger partial charge on any atom is -0.376 e. The Labute approximate surface area is 150 Å². The summed E-state index contributed by atoms with van der Waals surface area (Å²) in [6.45, 7) is 4.74. The van der Waals surface area contributed by atoms with E-state index in [1.165, 1.54) is 6.42 Å². The van der Waals surface area contributed by atoms with E-state index in [2.05, 4.69) is 0 Å². The molecule has 0 spiro atoms. The van der Waals surface area contributed by atoms with Crippen LogP contribution in [0, 0.1) is 0 Å². The number of hydrogen-bond acceptors (Lipinski definition) is 4. The summed E-state index contributed by atoms with van der Waals surface area (Å²) in [5, 5.41) is 0. The number of carbonyl (C=O) groups is 1. The summed E-state index contributed by atoms with van der Waals surface area (Å²) in [6.07, 6.45) is 5.69. The summed E-state index contributed by atoms with van der Waals surface area (Å²) in [5.41, 5.74) is 6.24. The maximum absolute atomic E-state index is 12.9. The van der Waals surface area contributed by atoms with E-state index >= 15 is 0 Å². The third-order valence-electron chi connectivity index (χ3n) is 5.34. The van der Waals surface area contributed by atoms with Crippen molar-refractivity contribution in [3.8, 4) is 0 Å². The normalized spacial score (nSPS) is 24.7. The summed E-state index contributed by atoms with van der Waals surface area (Å²) in [5.74, 6) is -0.00670. The first-order chi connectivity index (χ1) is 12.1. The van der Waals surface area contributed by atoms with E-state index in [-0.39, 0.29) is 18.1 Å². The molecule has 2 heterocycles. The van der Waals surface area contributed by atoms with Gasteiger partial charge in [-0.05, 0) is 44.6 Å². The highest BCUT2D eigenvalue weighted by atomic mass is 16.5. The molecule has 0 aliphatic carbocycles. The van der Waals surface area contributed by atoms with Gasteiger partial charge >= 0.3 is 0 Å². The van der Waals surface area contributed by atoms with Gasteiger partial charge in [-0.3, -0.25) is 4.79 Å². The molecule has 3 rings (SSSR count). The lowest BCUT2D eigenvalue weighted by molar-refractivity contribution is -0.140. The third kappa shape index (κ3) is 4.60. The number of piperidine rings is 1. The lowest BCUT2D eigenvalue weighted by Crippen LogP contribution is -2.53. The number of likely N-dealkylation sites (tertiary alicyclic amines) is 1. The van der Waals surface area contributed by atoms with Crippen molar-refractivity contribution >= 4 is 5.91 Å². The van der Waals surface area contributed by atoms with Crippen LogP contribution in [0.4, 0.5) is 0 Å². The van der Waals surface area contributed by atoms with Crippen LogP contribution < -0.4 is 5.73 Å². The van der Waals surface area contributed by atoms with Crippen LogP contribution in [0.3, 0.4) is 0 Å². The Balaban J connectivity index is 1.47. The fourth-order valence-corrected chi connectivity index (χ4v) is 3.64. The van der Waals surface area contributed by atoms with Gasteiger partial charge in [0.05, 0.1) is 18.8 Å². The second-order valence-electron chi connectivity index (χ2n) is 7.38. The van der Waals surface area contributed by atoms with E-state index in [0.29, 0.717) is 19.7 Å². The number of carbonyl (C=O) groups excluding carboxylic acids is 1. The van der Waals surface area contributed by atoms with Crippen molar-refractivity contribution < 1.29 is 14.3 Å². The lowest BCUT2D eigenvalue weighted by Gasteiger charge is -2.37. The minimum absolute atomic E-state index is 0.00670. The van der Waals surface area contributed by atoms with Gasteiger partial charge in [-0.15, -0.1) is 0 Å². The molecule has 138 valence electrons. The summed E-state index contributed by atoms with van der Waals surface area (Å²) in [6, 6.07) is 9.60. The van der Waals surface area contributed by atoms with E-state index in [9.17, 15) is 4.79 Å². The van der Waals surface area contributed by atoms with E-state index in [0.717, 1.165) is 37.9 Å². The summed E-state index contributed by atoms with van der Waals surface area (Å²) in [4.78, 5) is 14.8. The molecule has 1 aromatic rings. The molecule has 2 aliphatic rings. The second-order valence-corrected chi connectivity index (χ2v) is 7.38. The van der Waals surface area contributed by atoms with Crippen LogP contribution in [-0.4, -0.2) is 49.3 Å². The molecular weight excluding hydrogens is 316 g/mol. The smallest absolute Gasteiger partial charge is 0.246 e. The molecule has 0 radical (unpaired) electrons. The summed E-state index contributed by atoms with van der Waals surface area (Å²) < 4.78 is 11.7. The minimum atomic E-state index is -0.981. The number of nitrogens with zero attached hydrogens (tertiary/aromatic N) is 1. The van der Waals surface area contributed by atoms with Crippen molar-refractivity contribution in [3.63, 3.8) is 0 Å². The molecule has 0 bridgehead atoms. The largest absolute Gasteiger partial charge is 0.376 e. The van der Waals surface area contributed by atoms with E-state index in [1.807, 2.05) is 35.2 Å². The summed E-state index contributed by atoms with van der Waals surface area (Å²) in [7, 11) is 0. The predicted octanol–water partition coefficient (Wildman–Crippen LogP) is 2.44. The van der Waals surface area contributed by atoms with E-state index in [1.54, 1.807) is 6.92 Å². The zero-order valence-corrected chi connectivity index (χ0v) is 15.2. The molecule has 1 aromatic carbocycles. The Hall–Kier alpha value is -1.43. The Kier molecular flexibility index (Phi) is 6.10. The van der Waals surface area contributed by atoms with Gasteiger partial charge in [-0.25, -0.2) is 0 Å². The topological polar surface area (TPSA) is 64.8 Å². The van der Waals surface area contributed by atoms with Crippen molar-refractivity contribution in [2.75, 3.05) is 26.3 Å². The monoisotopic (exact) mass is 346 g/mol. The van der Waals surface area contributed by atoms with Crippen LogP contribution in [0.25, 0.3) is 0 Å². The zero-order chi connectivity index (χ0) is 17.7. The Morgan fingerprint density at radius 2 is 1.96 bits per heavy atom. The lowest BCUT2D eigenvalue weighted by atomic mass is 9.90. The van der Waals surface area contributed by atoms with E-state index in [4.69, 9.17) is 15.2 Å². The standard InChI is InChI=1S/C20H30N2O3/c1-20(21,16-7-3-2-4-8-16)19(23)22-12-10-17(11-13-22)25-15-18-9-5-6-14-24-18/h2-4,7-8,17-18H,5-6,9-15,21H2,1H3. The van der Waals surface area contributed by atoms with Crippen molar-refractivity contribution in [3.05, 3.63) is 35.9 Å². The fourth-order valence-electron chi connectivity index (χ4n) is 3.64. The van der Waals surface area contributed by atoms with Gasteiger partial charge in [0, 0.05) is 19.7 Å². The quantitative estimate of drug-likeness (QED) is 0.889. The maximum atomic E-state index is 12.9. The molecule has 2 atom stereocenters. The summed E-state index contributed by atoms with van der Waals surface area (Å²) >= 11 is 0. The van der Waals surface area contributed by atoms with Gasteiger partial charge in [0.25, 0.3) is 0 Å². The molecular formula is C20H30N2O3. The molecule has 2 fully saturated rings. The average Bonchev–Trinajstić information content (AvgIpc) is 2.68. The highest BCUT2D eigenvalue weighted by Crippen LogP contribution is 2.24. The molecule has 2 saturated heterocycles. The van der Waals surface area contributed by atoms with E-state index < -0.39 is 5.54 Å². The predicted molar refractivity (Wildman–Crippen MR) is 97.1 cm³/mol. The van der Waals surface area contributed by atoms with Crippen LogP contribution >= 0.6 is 0 Å². The van der Waals surface area contributed by atoms with Crippen molar-refractivity contribution in [1.29, 1.82) is 0 Å². The molecule has 0 saturated carbocycles. The second kappa shape index (κ2) is 8.30. The molecule has 5 nitrogen and oxygen atoms in total. The molecule has 0 aromatic heterocycles. The molecule has 1 amide bonds. The molecule has 2 unspecified atom stereocenters. The number of ether oxygens (including phenoxy) is 2. The molecule has 5 heteroatoms. The van der Waals surface area contributed by atoms with Gasteiger partial charge in [0.1, 0.15) is 5.54 Å². The van der Waals surface area contributed by atoms with Gasteiger partial charge in [0.2, 0.25) is 5.91 Å². The SMILES string of the molecule is CC(N)(C(=O)N1CCC(OCC2CCCCO2)CC1)c1ccccc1.